The van der Waals surface area contributed by atoms with Gasteiger partial charge in [0.05, 0.1) is 0 Å². The molecule has 0 aromatic heterocycles. The van der Waals surface area contributed by atoms with E-state index in [0.717, 1.165) is 54.5 Å². The van der Waals surface area contributed by atoms with Crippen LogP contribution in [0, 0.1) is 0 Å². The fourth-order valence-electron chi connectivity index (χ4n) is 3.83. The average molecular weight is 275 g/mol. The fourth-order valence-corrected chi connectivity index (χ4v) is 3.83. The summed E-state index contributed by atoms with van der Waals surface area (Å²) in [5.41, 5.74) is 9.37. The first-order chi connectivity index (χ1) is 9.49. The van der Waals surface area contributed by atoms with Crippen LogP contribution in [0.3, 0.4) is 0 Å². The smallest absolute Gasteiger partial charge is 0.165 e. The monoisotopic (exact) mass is 275 g/mol. The van der Waals surface area contributed by atoms with Crippen LogP contribution in [0.25, 0.3) is 0 Å². The lowest BCUT2D eigenvalue weighted by molar-refractivity contribution is 0.218. The number of rotatable bonds is 1. The predicted molar refractivity (Wildman–Crippen MR) is 75.4 cm³/mol. The van der Waals surface area contributed by atoms with Gasteiger partial charge in [-0.1, -0.05) is 0 Å². The minimum atomic E-state index is -0.292. The molecule has 4 rings (SSSR count). The number of phenolic OH excluding ortho intramolecular Hbond substituents is 1. The largest absolute Gasteiger partial charge is 0.504 e. The molecule has 0 radical (unpaired) electrons. The van der Waals surface area contributed by atoms with Gasteiger partial charge < -0.3 is 20.3 Å². The Kier molecular flexibility index (Phi) is 2.35. The second-order valence-electron chi connectivity index (χ2n) is 6.61. The molecule has 108 valence electrons. The molecule has 0 saturated heterocycles. The molecular weight excluding hydrogens is 254 g/mol. The molecule has 2 aliphatic heterocycles. The van der Waals surface area contributed by atoms with E-state index < -0.39 is 0 Å². The summed E-state index contributed by atoms with van der Waals surface area (Å²) in [6.45, 7) is 4.06. The average Bonchev–Trinajstić information content (AvgIpc) is 2.90. The first-order valence-corrected chi connectivity index (χ1v) is 7.53. The number of phenols is 1. The van der Waals surface area contributed by atoms with Gasteiger partial charge in [-0.15, -0.1) is 0 Å². The van der Waals surface area contributed by atoms with Crippen LogP contribution in [-0.4, -0.2) is 17.3 Å². The Morgan fingerprint density at radius 1 is 1.05 bits per heavy atom. The molecule has 1 fully saturated rings. The number of hydrogen-bond donors (Lipinski definition) is 2. The highest BCUT2D eigenvalue weighted by molar-refractivity contribution is 5.67. The molecule has 1 aliphatic carbocycles. The van der Waals surface area contributed by atoms with Crippen molar-refractivity contribution in [3.05, 3.63) is 16.7 Å². The lowest BCUT2D eigenvalue weighted by Gasteiger charge is -2.40. The van der Waals surface area contributed by atoms with Gasteiger partial charge in [0.1, 0.15) is 18.0 Å². The summed E-state index contributed by atoms with van der Waals surface area (Å²) in [4.78, 5) is 0. The maximum atomic E-state index is 10.5. The number of aromatic hydroxyl groups is 1. The van der Waals surface area contributed by atoms with Crippen LogP contribution in [0.15, 0.2) is 0 Å². The van der Waals surface area contributed by atoms with Gasteiger partial charge in [0.2, 0.25) is 0 Å². The Labute approximate surface area is 118 Å². The molecule has 0 bridgehead atoms. The Morgan fingerprint density at radius 2 is 1.65 bits per heavy atom. The van der Waals surface area contributed by atoms with Crippen molar-refractivity contribution in [3.8, 4) is 17.2 Å². The van der Waals surface area contributed by atoms with Crippen LogP contribution in [0.4, 0.5) is 0 Å². The highest BCUT2D eigenvalue weighted by atomic mass is 16.5. The van der Waals surface area contributed by atoms with E-state index in [0.29, 0.717) is 5.75 Å². The molecule has 3 N–H and O–H groups in total. The maximum Gasteiger partial charge on any atom is 0.165 e. The van der Waals surface area contributed by atoms with Gasteiger partial charge in [-0.3, -0.25) is 0 Å². The summed E-state index contributed by atoms with van der Waals surface area (Å²) in [5, 5.41) is 10.5. The van der Waals surface area contributed by atoms with Crippen LogP contribution < -0.4 is 15.2 Å². The Hall–Kier alpha value is -1.42. The van der Waals surface area contributed by atoms with E-state index in [1.807, 2.05) is 13.8 Å². The van der Waals surface area contributed by atoms with Crippen LogP contribution in [0.1, 0.15) is 49.8 Å². The van der Waals surface area contributed by atoms with E-state index in [4.69, 9.17) is 15.2 Å². The molecular formula is C16H21NO3. The highest BCUT2D eigenvalue weighted by Gasteiger charge is 2.45. The summed E-state index contributed by atoms with van der Waals surface area (Å²) in [6, 6.07) is 0. The Morgan fingerprint density at radius 3 is 2.25 bits per heavy atom. The Bertz CT molecular complexity index is 553. The van der Waals surface area contributed by atoms with E-state index in [1.54, 1.807) is 0 Å². The standard InChI is InChI=1S/C16H21NO3/c1-8-6-10-12(16(17)4-3-5-16)14-11(7-9(2)19-14)13(18)15(10)20-8/h8-9,18H,3-7,17H2,1-2H3. The zero-order valence-corrected chi connectivity index (χ0v) is 12.0. The zero-order chi connectivity index (χ0) is 14.1. The van der Waals surface area contributed by atoms with Gasteiger partial charge in [0.25, 0.3) is 0 Å². The summed E-state index contributed by atoms with van der Waals surface area (Å²) in [5.74, 6) is 1.77. The number of nitrogens with two attached hydrogens (primary N) is 1. The second-order valence-corrected chi connectivity index (χ2v) is 6.61. The molecule has 4 heteroatoms. The number of benzene rings is 1. The van der Waals surface area contributed by atoms with Crippen LogP contribution in [0.5, 0.6) is 17.2 Å². The van der Waals surface area contributed by atoms with Crippen molar-refractivity contribution in [1.29, 1.82) is 0 Å². The van der Waals surface area contributed by atoms with Crippen molar-refractivity contribution in [2.75, 3.05) is 0 Å². The van der Waals surface area contributed by atoms with Crippen LogP contribution in [0.2, 0.25) is 0 Å². The molecule has 0 amide bonds. The van der Waals surface area contributed by atoms with Crippen molar-refractivity contribution < 1.29 is 14.6 Å². The highest BCUT2D eigenvalue weighted by Crippen LogP contribution is 2.56. The molecule has 3 aliphatic rings. The quantitative estimate of drug-likeness (QED) is 0.826. The third-order valence-corrected chi connectivity index (χ3v) is 4.94. The first-order valence-electron chi connectivity index (χ1n) is 7.53. The summed E-state index contributed by atoms with van der Waals surface area (Å²) in [6.07, 6.45) is 4.87. The predicted octanol–water partition coefficient (Wildman–Crippen LogP) is 2.38. The van der Waals surface area contributed by atoms with Gasteiger partial charge in [-0.25, -0.2) is 0 Å². The topological polar surface area (TPSA) is 64.7 Å². The van der Waals surface area contributed by atoms with Gasteiger partial charge >= 0.3 is 0 Å². The number of ether oxygens (including phenoxy) is 2. The molecule has 0 spiro atoms. The normalized spacial score (nSPS) is 29.1. The molecule has 2 heterocycles. The van der Waals surface area contributed by atoms with E-state index in [-0.39, 0.29) is 23.5 Å². The molecule has 1 saturated carbocycles. The summed E-state index contributed by atoms with van der Waals surface area (Å²) >= 11 is 0. The molecule has 2 unspecified atom stereocenters. The fraction of sp³-hybridized carbons (Fsp3) is 0.625. The van der Waals surface area contributed by atoms with Crippen molar-refractivity contribution in [1.82, 2.24) is 0 Å². The van der Waals surface area contributed by atoms with Gasteiger partial charge in [-0.05, 0) is 33.1 Å². The Balaban J connectivity index is 1.98. The van der Waals surface area contributed by atoms with E-state index in [9.17, 15) is 5.11 Å². The van der Waals surface area contributed by atoms with Crippen LogP contribution >= 0.6 is 0 Å². The van der Waals surface area contributed by atoms with Gasteiger partial charge in [-0.2, -0.15) is 0 Å². The second kappa shape index (κ2) is 3.82. The van der Waals surface area contributed by atoms with Crippen molar-refractivity contribution in [2.45, 2.75) is 63.7 Å². The molecule has 20 heavy (non-hydrogen) atoms. The molecule has 2 atom stereocenters. The minimum absolute atomic E-state index is 0.0956. The minimum Gasteiger partial charge on any atom is -0.504 e. The van der Waals surface area contributed by atoms with E-state index in [2.05, 4.69) is 0 Å². The maximum absolute atomic E-state index is 10.5. The van der Waals surface area contributed by atoms with Crippen molar-refractivity contribution in [3.63, 3.8) is 0 Å². The zero-order valence-electron chi connectivity index (χ0n) is 12.0. The summed E-state index contributed by atoms with van der Waals surface area (Å²) in [7, 11) is 0. The third-order valence-electron chi connectivity index (χ3n) is 4.94. The van der Waals surface area contributed by atoms with Gasteiger partial charge in [0.15, 0.2) is 11.5 Å². The summed E-state index contributed by atoms with van der Waals surface area (Å²) < 4.78 is 11.8. The number of fused-ring (bicyclic) bond motifs is 2. The molecule has 1 aromatic rings. The van der Waals surface area contributed by atoms with E-state index >= 15 is 0 Å². The SMILES string of the molecule is CC1Cc2c(c(O)c3c(c2C2(N)CCC2)OC(C)C3)O1. The lowest BCUT2D eigenvalue weighted by atomic mass is 9.70. The van der Waals surface area contributed by atoms with Crippen molar-refractivity contribution in [2.24, 2.45) is 5.73 Å². The third kappa shape index (κ3) is 1.46. The van der Waals surface area contributed by atoms with Gasteiger partial charge in [0, 0.05) is 35.1 Å². The molecule has 4 nitrogen and oxygen atoms in total. The molecule has 1 aromatic carbocycles. The number of hydrogen-bond acceptors (Lipinski definition) is 4. The first kappa shape index (κ1) is 12.3. The van der Waals surface area contributed by atoms with Crippen LogP contribution in [-0.2, 0) is 18.4 Å². The van der Waals surface area contributed by atoms with E-state index in [1.165, 1.54) is 0 Å². The lowest BCUT2D eigenvalue weighted by Crippen LogP contribution is -2.44. The van der Waals surface area contributed by atoms with Crippen molar-refractivity contribution >= 4 is 0 Å².